The van der Waals surface area contributed by atoms with Crippen LogP contribution in [0.5, 0.6) is 0 Å². The summed E-state index contributed by atoms with van der Waals surface area (Å²) in [5.41, 5.74) is 2.16. The average molecular weight is 515 g/mol. The number of rotatable bonds is 6. The standard InChI is InChI=1S/C27H38N4O4S/c1-7-34-25(33)21-15-30(10-11-31(21)22(32)13-18-9-8-12-36-18)27(6)24(28)19-14-26(4,5)35-16-20(19)23(29-27)17(2)3/h8-9,12,17,21,28H,7,10-11,13-16H2,1-6H3. The van der Waals surface area contributed by atoms with E-state index in [9.17, 15) is 15.0 Å². The van der Waals surface area contributed by atoms with Gasteiger partial charge in [0.1, 0.15) is 6.04 Å². The van der Waals surface area contributed by atoms with Gasteiger partial charge < -0.3 is 19.8 Å². The van der Waals surface area contributed by atoms with Crippen LogP contribution in [0.3, 0.4) is 0 Å². The molecule has 2 atom stereocenters. The molecule has 0 aromatic carbocycles. The van der Waals surface area contributed by atoms with Crippen molar-refractivity contribution < 1.29 is 19.1 Å². The molecule has 0 saturated carbocycles. The van der Waals surface area contributed by atoms with Gasteiger partial charge in [0.25, 0.3) is 0 Å². The first-order valence-corrected chi connectivity index (χ1v) is 13.6. The molecule has 0 aliphatic carbocycles. The number of thiophene rings is 1. The van der Waals surface area contributed by atoms with Crippen LogP contribution in [0.1, 0.15) is 52.8 Å². The van der Waals surface area contributed by atoms with Gasteiger partial charge in [-0.15, -0.1) is 11.3 Å². The topological polar surface area (TPSA) is 95.3 Å². The number of amides is 1. The number of carbonyl (C=O) groups excluding carboxylic acids is 2. The van der Waals surface area contributed by atoms with Crippen molar-refractivity contribution in [1.29, 1.82) is 5.41 Å². The first kappa shape index (κ1) is 26.7. The number of esters is 1. The molecule has 2 unspecified atom stereocenters. The number of nitrogens with zero attached hydrogens (tertiary/aromatic N) is 3. The third-order valence-electron chi connectivity index (χ3n) is 7.32. The molecule has 8 nitrogen and oxygen atoms in total. The molecule has 1 fully saturated rings. The largest absolute Gasteiger partial charge is 0.464 e. The van der Waals surface area contributed by atoms with E-state index in [1.807, 2.05) is 24.4 Å². The fraction of sp³-hybridized carbons (Fsp3) is 0.630. The van der Waals surface area contributed by atoms with Crippen LogP contribution in [0.2, 0.25) is 0 Å². The molecule has 0 spiro atoms. The van der Waals surface area contributed by atoms with E-state index in [0.717, 1.165) is 21.7 Å². The van der Waals surface area contributed by atoms with Crippen LogP contribution in [0, 0.1) is 11.3 Å². The highest BCUT2D eigenvalue weighted by atomic mass is 32.1. The number of piperazine rings is 1. The Balaban J connectivity index is 1.64. The highest BCUT2D eigenvalue weighted by molar-refractivity contribution is 7.10. The molecule has 1 aromatic rings. The minimum atomic E-state index is -0.931. The summed E-state index contributed by atoms with van der Waals surface area (Å²) in [6, 6.07) is 3.12. The van der Waals surface area contributed by atoms with Crippen molar-refractivity contribution in [3.8, 4) is 0 Å². The van der Waals surface area contributed by atoms with Crippen LogP contribution in [-0.4, -0.2) is 83.3 Å². The van der Waals surface area contributed by atoms with E-state index < -0.39 is 17.7 Å². The van der Waals surface area contributed by atoms with Gasteiger partial charge in [-0.2, -0.15) is 0 Å². The van der Waals surface area contributed by atoms with Crippen LogP contribution in [0.25, 0.3) is 0 Å². The van der Waals surface area contributed by atoms with E-state index in [1.165, 1.54) is 11.3 Å². The van der Waals surface area contributed by atoms with Crippen molar-refractivity contribution in [1.82, 2.24) is 9.80 Å². The molecule has 0 bridgehead atoms. The predicted molar refractivity (Wildman–Crippen MR) is 142 cm³/mol. The number of carbonyl (C=O) groups is 2. The minimum absolute atomic E-state index is 0.0819. The Bertz CT molecular complexity index is 1090. The number of hydrogen-bond acceptors (Lipinski definition) is 8. The Hall–Kier alpha value is -2.36. The predicted octanol–water partition coefficient (Wildman–Crippen LogP) is 3.71. The Kier molecular flexibility index (Phi) is 7.55. The molecule has 4 rings (SSSR count). The molecule has 3 aliphatic rings. The fourth-order valence-electron chi connectivity index (χ4n) is 5.34. The summed E-state index contributed by atoms with van der Waals surface area (Å²) in [6.45, 7) is 13.9. The molecule has 1 N–H and O–H groups in total. The zero-order chi connectivity index (χ0) is 26.3. The Labute approximate surface area is 217 Å². The summed E-state index contributed by atoms with van der Waals surface area (Å²) >= 11 is 1.54. The zero-order valence-electron chi connectivity index (χ0n) is 22.2. The van der Waals surface area contributed by atoms with E-state index in [-0.39, 0.29) is 37.0 Å². The van der Waals surface area contributed by atoms with Gasteiger partial charge >= 0.3 is 5.97 Å². The number of nitrogens with one attached hydrogen (secondary N) is 1. The lowest BCUT2D eigenvalue weighted by Crippen LogP contribution is -2.66. The van der Waals surface area contributed by atoms with Crippen LogP contribution in [0.4, 0.5) is 0 Å². The molecule has 196 valence electrons. The Morgan fingerprint density at radius 3 is 2.67 bits per heavy atom. The van der Waals surface area contributed by atoms with Crippen molar-refractivity contribution in [2.45, 2.75) is 71.7 Å². The summed E-state index contributed by atoms with van der Waals surface area (Å²) in [6.07, 6.45) is 0.907. The molecule has 4 heterocycles. The maximum atomic E-state index is 13.2. The van der Waals surface area contributed by atoms with Gasteiger partial charge in [-0.3, -0.25) is 14.7 Å². The lowest BCUT2D eigenvalue weighted by molar-refractivity contribution is -0.159. The van der Waals surface area contributed by atoms with Crippen molar-refractivity contribution in [2.75, 3.05) is 32.8 Å². The summed E-state index contributed by atoms with van der Waals surface area (Å²) in [4.78, 5) is 36.1. The molecule has 9 heteroatoms. The maximum absolute atomic E-state index is 13.2. The van der Waals surface area contributed by atoms with Gasteiger partial charge in [-0.25, -0.2) is 4.79 Å². The highest BCUT2D eigenvalue weighted by Gasteiger charge is 2.49. The molecular weight excluding hydrogens is 476 g/mol. The van der Waals surface area contributed by atoms with Gasteiger partial charge in [0.15, 0.2) is 5.66 Å². The second-order valence-corrected chi connectivity index (χ2v) is 11.8. The normalized spacial score (nSPS) is 26.6. The Morgan fingerprint density at radius 2 is 2.03 bits per heavy atom. The maximum Gasteiger partial charge on any atom is 0.330 e. The molecule has 0 radical (unpaired) electrons. The summed E-state index contributed by atoms with van der Waals surface area (Å²) in [5, 5.41) is 11.2. The van der Waals surface area contributed by atoms with Crippen molar-refractivity contribution in [3.63, 3.8) is 0 Å². The second-order valence-electron chi connectivity index (χ2n) is 10.8. The molecule has 1 amide bonds. The number of aliphatic imine (C=N–C) groups is 1. The van der Waals surface area contributed by atoms with E-state index in [2.05, 4.69) is 32.6 Å². The van der Waals surface area contributed by atoms with Gasteiger partial charge in [-0.1, -0.05) is 19.9 Å². The van der Waals surface area contributed by atoms with E-state index in [0.29, 0.717) is 31.8 Å². The van der Waals surface area contributed by atoms with E-state index in [4.69, 9.17) is 14.5 Å². The first-order chi connectivity index (χ1) is 17.0. The quantitative estimate of drug-likeness (QED) is 0.584. The molecule has 3 aliphatic heterocycles. The molecule has 36 heavy (non-hydrogen) atoms. The van der Waals surface area contributed by atoms with Crippen LogP contribution < -0.4 is 0 Å². The minimum Gasteiger partial charge on any atom is -0.464 e. The molecule has 1 saturated heterocycles. The fourth-order valence-corrected chi connectivity index (χ4v) is 6.03. The first-order valence-electron chi connectivity index (χ1n) is 12.8. The van der Waals surface area contributed by atoms with Crippen LogP contribution in [-0.2, 0) is 25.5 Å². The van der Waals surface area contributed by atoms with Gasteiger partial charge in [0.05, 0.1) is 30.9 Å². The average Bonchev–Trinajstić information content (AvgIpc) is 3.33. The summed E-state index contributed by atoms with van der Waals surface area (Å²) < 4.78 is 11.5. The SMILES string of the molecule is CCOC(=O)C1CN(C2(C)N=C(C(C)C)C3=C(CC(C)(C)OC3)C2=N)CCN1C(=O)Cc1cccs1. The van der Waals surface area contributed by atoms with Crippen molar-refractivity contribution >= 4 is 34.6 Å². The zero-order valence-corrected chi connectivity index (χ0v) is 23.0. The highest BCUT2D eigenvalue weighted by Crippen LogP contribution is 2.40. The lowest BCUT2D eigenvalue weighted by atomic mass is 9.78. The van der Waals surface area contributed by atoms with Crippen LogP contribution in [0.15, 0.2) is 33.7 Å². The third-order valence-corrected chi connectivity index (χ3v) is 8.20. The van der Waals surface area contributed by atoms with Crippen LogP contribution >= 0.6 is 11.3 Å². The van der Waals surface area contributed by atoms with Crippen molar-refractivity contribution in [3.05, 3.63) is 33.5 Å². The third kappa shape index (κ3) is 5.06. The van der Waals surface area contributed by atoms with Gasteiger partial charge in [-0.05, 0) is 50.6 Å². The number of hydrogen-bond donors (Lipinski definition) is 1. The summed E-state index contributed by atoms with van der Waals surface area (Å²) in [7, 11) is 0. The Morgan fingerprint density at radius 1 is 1.28 bits per heavy atom. The lowest BCUT2D eigenvalue weighted by Gasteiger charge is -2.50. The smallest absolute Gasteiger partial charge is 0.330 e. The van der Waals surface area contributed by atoms with Gasteiger partial charge in [0.2, 0.25) is 5.91 Å². The van der Waals surface area contributed by atoms with Crippen molar-refractivity contribution in [2.24, 2.45) is 10.9 Å². The van der Waals surface area contributed by atoms with E-state index >= 15 is 0 Å². The summed E-state index contributed by atoms with van der Waals surface area (Å²) in [5.74, 6) is -0.323. The molecular formula is C27H38N4O4S. The van der Waals surface area contributed by atoms with Gasteiger partial charge in [0, 0.05) is 42.2 Å². The van der Waals surface area contributed by atoms with E-state index in [1.54, 1.807) is 11.8 Å². The number of ether oxygens (including phenoxy) is 2. The second kappa shape index (κ2) is 10.2. The monoisotopic (exact) mass is 514 g/mol. The molecule has 1 aromatic heterocycles. The number of dihydropyridines is 1.